The Morgan fingerprint density at radius 1 is 1.24 bits per heavy atom. The molecule has 1 aliphatic heterocycles. The number of carbonyl (C=O) groups excluding carboxylic acids is 1. The molecule has 0 spiro atoms. The molecular weight excluding hydrogens is 484 g/mol. The van der Waals surface area contributed by atoms with Crippen molar-refractivity contribution in [2.24, 2.45) is 4.99 Å². The fourth-order valence-electron chi connectivity index (χ4n) is 3.66. The summed E-state index contributed by atoms with van der Waals surface area (Å²) in [5.74, 6) is -0.244. The standard InChI is InChI=1S/C21H22N4O7S2/c1-3-24-19-17(31-2)12-15(25(27)28)13-18(19)33-21(24)22-20(26)14-4-6-16(7-5-14)34(29,30)23-8-10-32-11-9-23/h4-7,12-13H,3,8-11H2,1-2H3. The number of aryl methyl sites for hydroxylation is 1. The van der Waals surface area contributed by atoms with E-state index in [2.05, 4.69) is 4.99 Å². The first kappa shape index (κ1) is 24.0. The van der Waals surface area contributed by atoms with Crippen LogP contribution in [0.1, 0.15) is 17.3 Å². The Labute approximate surface area is 199 Å². The Kier molecular flexibility index (Phi) is 6.79. The van der Waals surface area contributed by atoms with Gasteiger partial charge in [0, 0.05) is 31.3 Å². The Balaban J connectivity index is 1.70. The molecule has 0 atom stereocenters. The lowest BCUT2D eigenvalue weighted by Crippen LogP contribution is -2.40. The summed E-state index contributed by atoms with van der Waals surface area (Å²) < 4.78 is 39.8. The number of nitro benzene ring substituents is 1. The summed E-state index contributed by atoms with van der Waals surface area (Å²) in [6.45, 7) is 3.56. The number of rotatable bonds is 6. The molecule has 0 aliphatic carbocycles. The number of non-ortho nitro benzene ring substituents is 1. The molecule has 180 valence electrons. The van der Waals surface area contributed by atoms with E-state index in [1.54, 1.807) is 4.57 Å². The molecule has 1 saturated heterocycles. The SMILES string of the molecule is CCn1c(=NC(=O)c2ccc(S(=O)(=O)N3CCOCC3)cc2)sc2cc([N+](=O)[O-])cc(OC)c21. The fourth-order valence-corrected chi connectivity index (χ4v) is 6.21. The third kappa shape index (κ3) is 4.46. The number of methoxy groups -OCH3 is 1. The molecule has 3 aromatic rings. The van der Waals surface area contributed by atoms with Gasteiger partial charge in [-0.1, -0.05) is 11.3 Å². The molecule has 13 heteroatoms. The number of aromatic nitrogens is 1. The van der Waals surface area contributed by atoms with Gasteiger partial charge in [-0.15, -0.1) is 0 Å². The number of hydrogen-bond donors (Lipinski definition) is 0. The predicted molar refractivity (Wildman–Crippen MR) is 125 cm³/mol. The minimum Gasteiger partial charge on any atom is -0.494 e. The molecule has 1 amide bonds. The van der Waals surface area contributed by atoms with Gasteiger partial charge >= 0.3 is 0 Å². The highest BCUT2D eigenvalue weighted by atomic mass is 32.2. The summed E-state index contributed by atoms with van der Waals surface area (Å²) in [6.07, 6.45) is 0. The molecule has 11 nitrogen and oxygen atoms in total. The van der Waals surface area contributed by atoms with Crippen molar-refractivity contribution < 1.29 is 27.6 Å². The van der Waals surface area contributed by atoms with Crippen LogP contribution in [0.4, 0.5) is 5.69 Å². The third-order valence-corrected chi connectivity index (χ3v) is 8.32. The Morgan fingerprint density at radius 3 is 2.50 bits per heavy atom. The second-order valence-electron chi connectivity index (χ2n) is 7.34. The first-order chi connectivity index (χ1) is 16.3. The minimum absolute atomic E-state index is 0.0912. The van der Waals surface area contributed by atoms with Crippen LogP contribution in [0.2, 0.25) is 0 Å². The molecule has 0 unspecified atom stereocenters. The van der Waals surface area contributed by atoms with Crippen molar-refractivity contribution in [3.8, 4) is 5.75 Å². The quantitative estimate of drug-likeness (QED) is 0.370. The number of morpholine rings is 1. The van der Waals surface area contributed by atoms with E-state index in [-0.39, 0.29) is 29.2 Å². The maximum Gasteiger partial charge on any atom is 0.279 e. The second kappa shape index (κ2) is 9.62. The molecule has 2 heterocycles. The zero-order valence-corrected chi connectivity index (χ0v) is 20.1. The van der Waals surface area contributed by atoms with E-state index >= 15 is 0 Å². The van der Waals surface area contributed by atoms with Crippen molar-refractivity contribution in [1.82, 2.24) is 8.87 Å². The van der Waals surface area contributed by atoms with Gasteiger partial charge in [-0.25, -0.2) is 8.42 Å². The molecule has 1 fully saturated rings. The monoisotopic (exact) mass is 506 g/mol. The van der Waals surface area contributed by atoms with Crippen LogP contribution < -0.4 is 9.54 Å². The van der Waals surface area contributed by atoms with Crippen LogP contribution in [0.3, 0.4) is 0 Å². The summed E-state index contributed by atoms with van der Waals surface area (Å²) in [4.78, 5) is 28.3. The normalized spacial score (nSPS) is 15.5. The van der Waals surface area contributed by atoms with Gasteiger partial charge in [-0.3, -0.25) is 14.9 Å². The molecule has 0 saturated carbocycles. The van der Waals surface area contributed by atoms with E-state index in [1.165, 1.54) is 47.8 Å². The summed E-state index contributed by atoms with van der Waals surface area (Å²) in [5.41, 5.74) is 0.710. The molecule has 4 rings (SSSR count). The predicted octanol–water partition coefficient (Wildman–Crippen LogP) is 2.40. The van der Waals surface area contributed by atoms with Crippen LogP contribution in [-0.2, 0) is 21.3 Å². The largest absolute Gasteiger partial charge is 0.494 e. The maximum absolute atomic E-state index is 12.9. The molecule has 0 N–H and O–H groups in total. The molecule has 0 bridgehead atoms. The Bertz CT molecular complexity index is 1420. The number of nitro groups is 1. The van der Waals surface area contributed by atoms with Crippen LogP contribution in [-0.4, -0.2) is 61.5 Å². The van der Waals surface area contributed by atoms with Crippen molar-refractivity contribution in [2.75, 3.05) is 33.4 Å². The van der Waals surface area contributed by atoms with Crippen LogP contribution in [0.5, 0.6) is 5.75 Å². The number of amides is 1. The first-order valence-corrected chi connectivity index (χ1v) is 12.6. The molecule has 34 heavy (non-hydrogen) atoms. The second-order valence-corrected chi connectivity index (χ2v) is 10.3. The zero-order chi connectivity index (χ0) is 24.5. The van der Waals surface area contributed by atoms with Crippen molar-refractivity contribution in [3.05, 3.63) is 56.9 Å². The summed E-state index contributed by atoms with van der Waals surface area (Å²) in [7, 11) is -2.25. The van der Waals surface area contributed by atoms with Gasteiger partial charge < -0.3 is 14.0 Å². The highest BCUT2D eigenvalue weighted by Gasteiger charge is 2.26. The van der Waals surface area contributed by atoms with Crippen molar-refractivity contribution in [2.45, 2.75) is 18.4 Å². The number of carbonyl (C=O) groups is 1. The van der Waals surface area contributed by atoms with Crippen molar-refractivity contribution in [3.63, 3.8) is 0 Å². The lowest BCUT2D eigenvalue weighted by Gasteiger charge is -2.26. The van der Waals surface area contributed by atoms with Gasteiger partial charge in [0.2, 0.25) is 10.0 Å². The average Bonchev–Trinajstić information content (AvgIpc) is 3.20. The molecular formula is C21H22N4O7S2. The lowest BCUT2D eigenvalue weighted by atomic mass is 10.2. The van der Waals surface area contributed by atoms with Gasteiger partial charge in [0.15, 0.2) is 10.6 Å². The number of hydrogen-bond acceptors (Lipinski definition) is 8. The highest BCUT2D eigenvalue weighted by Crippen LogP contribution is 2.32. The highest BCUT2D eigenvalue weighted by molar-refractivity contribution is 7.89. The van der Waals surface area contributed by atoms with Gasteiger partial charge in [-0.2, -0.15) is 9.30 Å². The van der Waals surface area contributed by atoms with Gasteiger partial charge in [0.1, 0.15) is 5.52 Å². The van der Waals surface area contributed by atoms with E-state index in [0.29, 0.717) is 40.5 Å². The molecule has 1 aliphatic rings. The van der Waals surface area contributed by atoms with Gasteiger partial charge in [-0.05, 0) is 31.2 Å². The summed E-state index contributed by atoms with van der Waals surface area (Å²) >= 11 is 1.14. The molecule has 0 radical (unpaired) electrons. The number of ether oxygens (including phenoxy) is 2. The van der Waals surface area contributed by atoms with E-state index < -0.39 is 20.9 Å². The number of thiazole rings is 1. The summed E-state index contributed by atoms with van der Waals surface area (Å²) in [5, 5.41) is 11.3. The topological polar surface area (TPSA) is 133 Å². The third-order valence-electron chi connectivity index (χ3n) is 5.38. The Morgan fingerprint density at radius 2 is 1.91 bits per heavy atom. The number of fused-ring (bicyclic) bond motifs is 1. The summed E-state index contributed by atoms with van der Waals surface area (Å²) in [6, 6.07) is 8.38. The Hall–Kier alpha value is -3.13. The molecule has 2 aromatic carbocycles. The van der Waals surface area contributed by atoms with Crippen LogP contribution in [0.15, 0.2) is 46.3 Å². The van der Waals surface area contributed by atoms with E-state index in [1.807, 2.05) is 6.92 Å². The first-order valence-electron chi connectivity index (χ1n) is 10.4. The van der Waals surface area contributed by atoms with Gasteiger partial charge in [0.25, 0.3) is 11.6 Å². The van der Waals surface area contributed by atoms with Crippen LogP contribution >= 0.6 is 11.3 Å². The van der Waals surface area contributed by atoms with Crippen molar-refractivity contribution in [1.29, 1.82) is 0 Å². The number of benzene rings is 2. The van der Waals surface area contributed by atoms with Crippen molar-refractivity contribution >= 4 is 43.2 Å². The zero-order valence-electron chi connectivity index (χ0n) is 18.5. The minimum atomic E-state index is -3.67. The van der Waals surface area contributed by atoms with E-state index in [9.17, 15) is 23.3 Å². The van der Waals surface area contributed by atoms with E-state index in [0.717, 1.165) is 11.3 Å². The average molecular weight is 507 g/mol. The smallest absolute Gasteiger partial charge is 0.279 e. The van der Waals surface area contributed by atoms with E-state index in [4.69, 9.17) is 9.47 Å². The maximum atomic E-state index is 12.9. The van der Waals surface area contributed by atoms with Crippen LogP contribution in [0, 0.1) is 10.1 Å². The van der Waals surface area contributed by atoms with Gasteiger partial charge in [0.05, 0.1) is 40.9 Å². The molecule has 1 aromatic heterocycles. The lowest BCUT2D eigenvalue weighted by molar-refractivity contribution is -0.384. The number of nitrogens with zero attached hydrogens (tertiary/aromatic N) is 4. The number of sulfonamides is 1. The fraction of sp³-hybridized carbons (Fsp3) is 0.333. The van der Waals surface area contributed by atoms with Crippen LogP contribution in [0.25, 0.3) is 10.2 Å².